The van der Waals surface area contributed by atoms with Crippen LogP contribution < -0.4 is 5.43 Å². The number of amides is 1. The van der Waals surface area contributed by atoms with E-state index in [0.29, 0.717) is 5.69 Å². The second-order valence-corrected chi connectivity index (χ2v) is 5.91. The van der Waals surface area contributed by atoms with E-state index in [1.165, 1.54) is 5.56 Å². The van der Waals surface area contributed by atoms with E-state index in [1.54, 1.807) is 30.6 Å². The molecule has 0 saturated carbocycles. The highest BCUT2D eigenvalue weighted by Gasteiger charge is 2.09. The molecular formula is C20H20N4O. The molecule has 1 aromatic carbocycles. The van der Waals surface area contributed by atoms with E-state index in [4.69, 9.17) is 0 Å². The predicted molar refractivity (Wildman–Crippen MR) is 99.3 cm³/mol. The Balaban J connectivity index is 1.79. The molecule has 25 heavy (non-hydrogen) atoms. The van der Waals surface area contributed by atoms with E-state index in [-0.39, 0.29) is 5.91 Å². The van der Waals surface area contributed by atoms with E-state index in [0.717, 1.165) is 22.6 Å². The lowest BCUT2D eigenvalue weighted by molar-refractivity contribution is 0.0950. The number of carbonyl (C=O) groups is 1. The maximum absolute atomic E-state index is 12.0. The Morgan fingerprint density at radius 3 is 2.56 bits per heavy atom. The molecule has 5 nitrogen and oxygen atoms in total. The molecule has 3 rings (SSSR count). The highest BCUT2D eigenvalue weighted by molar-refractivity contribution is 5.93. The molecule has 5 heteroatoms. The normalized spacial score (nSPS) is 11.0. The van der Waals surface area contributed by atoms with Crippen LogP contribution in [-0.2, 0) is 0 Å². The summed E-state index contributed by atoms with van der Waals surface area (Å²) in [6.07, 6.45) is 3.24. The fraction of sp³-hybridized carbons (Fsp3) is 0.150. The molecule has 0 atom stereocenters. The Morgan fingerprint density at radius 2 is 1.88 bits per heavy atom. The SMILES string of the molecule is Cc1ccc(-n2c(C)cc(/C=N\NC(=O)c3ccccn3)c2C)cc1. The molecule has 0 aliphatic carbocycles. The Morgan fingerprint density at radius 1 is 1.12 bits per heavy atom. The van der Waals surface area contributed by atoms with E-state index in [1.807, 2.05) is 13.0 Å². The molecule has 0 spiro atoms. The van der Waals surface area contributed by atoms with Crippen molar-refractivity contribution in [2.75, 3.05) is 0 Å². The van der Waals surface area contributed by atoms with Crippen molar-refractivity contribution in [3.63, 3.8) is 0 Å². The van der Waals surface area contributed by atoms with Crippen molar-refractivity contribution in [3.05, 3.63) is 82.9 Å². The maximum Gasteiger partial charge on any atom is 0.289 e. The summed E-state index contributed by atoms with van der Waals surface area (Å²) in [4.78, 5) is 15.9. The quantitative estimate of drug-likeness (QED) is 0.586. The molecule has 0 radical (unpaired) electrons. The number of hydrogen-bond donors (Lipinski definition) is 1. The summed E-state index contributed by atoms with van der Waals surface area (Å²) in [7, 11) is 0. The average Bonchev–Trinajstić information content (AvgIpc) is 2.90. The van der Waals surface area contributed by atoms with Crippen molar-refractivity contribution in [1.82, 2.24) is 15.0 Å². The van der Waals surface area contributed by atoms with Crippen LogP contribution in [0.2, 0.25) is 0 Å². The number of pyridine rings is 1. The van der Waals surface area contributed by atoms with Gasteiger partial charge in [-0.3, -0.25) is 9.78 Å². The predicted octanol–water partition coefficient (Wildman–Crippen LogP) is 3.56. The third kappa shape index (κ3) is 3.66. The van der Waals surface area contributed by atoms with Crippen molar-refractivity contribution in [2.45, 2.75) is 20.8 Å². The molecule has 1 N–H and O–H groups in total. The minimum absolute atomic E-state index is 0.329. The van der Waals surface area contributed by atoms with Crippen LogP contribution in [0.4, 0.5) is 0 Å². The lowest BCUT2D eigenvalue weighted by Gasteiger charge is -2.09. The van der Waals surface area contributed by atoms with Crippen molar-refractivity contribution in [3.8, 4) is 5.69 Å². The number of rotatable bonds is 4. The van der Waals surface area contributed by atoms with Crippen LogP contribution in [0.15, 0.2) is 59.8 Å². The topological polar surface area (TPSA) is 59.3 Å². The van der Waals surface area contributed by atoms with Gasteiger partial charge in [-0.1, -0.05) is 23.8 Å². The smallest absolute Gasteiger partial charge is 0.289 e. The molecular weight excluding hydrogens is 312 g/mol. The van der Waals surface area contributed by atoms with Crippen molar-refractivity contribution in [1.29, 1.82) is 0 Å². The van der Waals surface area contributed by atoms with E-state index >= 15 is 0 Å². The molecule has 0 saturated heterocycles. The lowest BCUT2D eigenvalue weighted by atomic mass is 10.2. The van der Waals surface area contributed by atoms with Crippen LogP contribution in [0, 0.1) is 20.8 Å². The van der Waals surface area contributed by atoms with Gasteiger partial charge in [0.15, 0.2) is 0 Å². The van der Waals surface area contributed by atoms with Gasteiger partial charge in [-0.15, -0.1) is 0 Å². The summed E-state index contributed by atoms with van der Waals surface area (Å²) < 4.78 is 2.17. The molecule has 2 heterocycles. The van der Waals surface area contributed by atoms with Gasteiger partial charge in [-0.05, 0) is 51.1 Å². The first-order chi connectivity index (χ1) is 12.1. The lowest BCUT2D eigenvalue weighted by Crippen LogP contribution is -2.18. The number of benzene rings is 1. The molecule has 0 bridgehead atoms. The Bertz CT molecular complexity index is 909. The Labute approximate surface area is 147 Å². The zero-order valence-corrected chi connectivity index (χ0v) is 14.5. The average molecular weight is 332 g/mol. The van der Waals surface area contributed by atoms with Crippen molar-refractivity contribution >= 4 is 12.1 Å². The van der Waals surface area contributed by atoms with Crippen LogP contribution >= 0.6 is 0 Å². The minimum atomic E-state index is -0.329. The number of hydrazone groups is 1. The standard InChI is InChI=1S/C20H20N4O/c1-14-7-9-18(10-8-14)24-15(2)12-17(16(24)3)13-22-23-20(25)19-6-4-5-11-21-19/h4-13H,1-3H3,(H,23,25)/b22-13-. The van der Waals surface area contributed by atoms with Crippen molar-refractivity contribution in [2.24, 2.45) is 5.10 Å². The molecule has 1 amide bonds. The summed E-state index contributed by atoms with van der Waals surface area (Å²) in [5.41, 5.74) is 8.32. The number of nitrogens with one attached hydrogen (secondary N) is 1. The molecule has 0 fully saturated rings. The third-order valence-corrected chi connectivity index (χ3v) is 4.03. The molecule has 0 aliphatic rings. The van der Waals surface area contributed by atoms with Gasteiger partial charge >= 0.3 is 0 Å². The number of aryl methyl sites for hydroxylation is 2. The highest BCUT2D eigenvalue weighted by Crippen LogP contribution is 2.20. The van der Waals surface area contributed by atoms with Crippen LogP contribution in [-0.4, -0.2) is 21.7 Å². The first-order valence-corrected chi connectivity index (χ1v) is 8.06. The molecule has 0 aliphatic heterocycles. The first kappa shape index (κ1) is 16.6. The summed E-state index contributed by atoms with van der Waals surface area (Å²) in [5, 5.41) is 4.06. The molecule has 126 valence electrons. The zero-order valence-electron chi connectivity index (χ0n) is 14.5. The molecule has 3 aromatic rings. The van der Waals surface area contributed by atoms with Gasteiger partial charge in [0.2, 0.25) is 0 Å². The second-order valence-electron chi connectivity index (χ2n) is 5.91. The highest BCUT2D eigenvalue weighted by atomic mass is 16.2. The minimum Gasteiger partial charge on any atom is -0.318 e. The van der Waals surface area contributed by atoms with E-state index in [2.05, 4.69) is 58.2 Å². The Hall–Kier alpha value is -3.21. The largest absolute Gasteiger partial charge is 0.318 e. The van der Waals surface area contributed by atoms with Gasteiger partial charge in [0.05, 0.1) is 6.21 Å². The zero-order chi connectivity index (χ0) is 17.8. The fourth-order valence-corrected chi connectivity index (χ4v) is 2.72. The monoisotopic (exact) mass is 332 g/mol. The number of nitrogens with zero attached hydrogens (tertiary/aromatic N) is 3. The fourth-order valence-electron chi connectivity index (χ4n) is 2.72. The number of aromatic nitrogens is 2. The van der Waals surface area contributed by atoms with Gasteiger partial charge in [0.25, 0.3) is 5.91 Å². The number of hydrogen-bond acceptors (Lipinski definition) is 3. The second kappa shape index (κ2) is 7.13. The maximum atomic E-state index is 12.0. The van der Waals surface area contributed by atoms with Gasteiger partial charge in [-0.2, -0.15) is 5.10 Å². The Kier molecular flexibility index (Phi) is 4.75. The van der Waals surface area contributed by atoms with Gasteiger partial charge in [-0.25, -0.2) is 5.43 Å². The third-order valence-electron chi connectivity index (χ3n) is 4.03. The van der Waals surface area contributed by atoms with Crippen LogP contribution in [0.5, 0.6) is 0 Å². The van der Waals surface area contributed by atoms with Gasteiger partial charge in [0, 0.05) is 28.8 Å². The summed E-state index contributed by atoms with van der Waals surface area (Å²) in [6, 6.07) is 15.6. The van der Waals surface area contributed by atoms with Crippen LogP contribution in [0.3, 0.4) is 0 Å². The van der Waals surface area contributed by atoms with Crippen LogP contribution in [0.25, 0.3) is 5.69 Å². The van der Waals surface area contributed by atoms with Gasteiger partial charge in [0.1, 0.15) is 5.69 Å². The number of carbonyl (C=O) groups excluding carboxylic acids is 1. The first-order valence-electron chi connectivity index (χ1n) is 8.06. The van der Waals surface area contributed by atoms with Gasteiger partial charge < -0.3 is 4.57 Å². The molecule has 0 unspecified atom stereocenters. The van der Waals surface area contributed by atoms with Crippen molar-refractivity contribution < 1.29 is 4.79 Å². The van der Waals surface area contributed by atoms with E-state index in [9.17, 15) is 4.79 Å². The summed E-state index contributed by atoms with van der Waals surface area (Å²) in [5.74, 6) is -0.329. The van der Waals surface area contributed by atoms with Crippen LogP contribution in [0.1, 0.15) is 33.0 Å². The summed E-state index contributed by atoms with van der Waals surface area (Å²) >= 11 is 0. The summed E-state index contributed by atoms with van der Waals surface area (Å²) in [6.45, 7) is 6.16. The molecule has 2 aromatic heterocycles. The van der Waals surface area contributed by atoms with E-state index < -0.39 is 0 Å².